The molecule has 1 saturated carbocycles. The first-order chi connectivity index (χ1) is 12.2. The van der Waals surface area contributed by atoms with Gasteiger partial charge in [-0.05, 0) is 63.0 Å². The third-order valence-electron chi connectivity index (χ3n) is 5.79. The van der Waals surface area contributed by atoms with Crippen molar-refractivity contribution in [2.45, 2.75) is 76.2 Å². The smallest absolute Gasteiger partial charge is 0.252 e. The number of nitrogens with zero attached hydrogens (tertiary/aromatic N) is 1. The van der Waals surface area contributed by atoms with Crippen LogP contribution in [0.1, 0.15) is 62.6 Å². The van der Waals surface area contributed by atoms with Crippen molar-refractivity contribution in [2.75, 3.05) is 13.2 Å². The van der Waals surface area contributed by atoms with Crippen LogP contribution in [0.3, 0.4) is 0 Å². The minimum absolute atomic E-state index is 0.153. The molecule has 0 bridgehead atoms. The summed E-state index contributed by atoms with van der Waals surface area (Å²) in [7, 11) is 0. The highest BCUT2D eigenvalue weighted by atomic mass is 16.5. The number of hydrogen-bond donors (Lipinski definition) is 0. The van der Waals surface area contributed by atoms with Crippen molar-refractivity contribution in [2.24, 2.45) is 0 Å². The number of fused-ring (bicyclic) bond motifs is 1. The molecule has 0 aromatic heterocycles. The van der Waals surface area contributed by atoms with Gasteiger partial charge in [0.05, 0.1) is 18.8 Å². The van der Waals surface area contributed by atoms with Gasteiger partial charge < -0.3 is 14.4 Å². The van der Waals surface area contributed by atoms with Gasteiger partial charge in [0, 0.05) is 12.6 Å². The van der Waals surface area contributed by atoms with Gasteiger partial charge in [-0.2, -0.15) is 0 Å². The van der Waals surface area contributed by atoms with Crippen LogP contribution in [0.4, 0.5) is 0 Å². The summed E-state index contributed by atoms with van der Waals surface area (Å²) in [5.41, 5.74) is 2.74. The Kier molecular flexibility index (Phi) is 5.09. The minimum Gasteiger partial charge on any atom is -0.376 e. The maximum absolute atomic E-state index is 13.2. The van der Waals surface area contributed by atoms with Gasteiger partial charge in [-0.3, -0.25) is 4.79 Å². The van der Waals surface area contributed by atoms with Crippen molar-refractivity contribution in [1.29, 1.82) is 0 Å². The molecule has 0 radical (unpaired) electrons. The third-order valence-corrected chi connectivity index (χ3v) is 5.79. The second-order valence-corrected chi connectivity index (χ2v) is 7.69. The van der Waals surface area contributed by atoms with E-state index in [-0.39, 0.29) is 24.2 Å². The van der Waals surface area contributed by atoms with Crippen molar-refractivity contribution in [3.63, 3.8) is 0 Å². The summed E-state index contributed by atoms with van der Waals surface area (Å²) in [5, 5.41) is 0. The Morgan fingerprint density at radius 2 is 2.08 bits per heavy atom. The number of carbonyl (C=O) groups excluding carboxylic acids is 1. The van der Waals surface area contributed by atoms with Gasteiger partial charge in [0.1, 0.15) is 6.10 Å². The van der Waals surface area contributed by atoms with Crippen LogP contribution >= 0.6 is 0 Å². The highest BCUT2D eigenvalue weighted by molar-refractivity contribution is 5.82. The molecule has 3 unspecified atom stereocenters. The summed E-state index contributed by atoms with van der Waals surface area (Å²) >= 11 is 0. The molecule has 25 heavy (non-hydrogen) atoms. The Balaban J connectivity index is 1.41. The molecule has 1 aliphatic heterocycles. The molecule has 2 aliphatic carbocycles. The fourth-order valence-corrected chi connectivity index (χ4v) is 4.24. The molecule has 1 saturated heterocycles. The molecule has 4 heteroatoms. The molecular formula is C21H29NO3. The van der Waals surface area contributed by atoms with E-state index in [1.165, 1.54) is 17.5 Å². The summed E-state index contributed by atoms with van der Waals surface area (Å²) < 4.78 is 11.7. The SMILES string of the molecule is CC(OCC1CCCCO1)C(=O)N(C1CC1)C1CCc2ccccc21. The number of benzene rings is 1. The fourth-order valence-electron chi connectivity index (χ4n) is 4.24. The standard InChI is InChI=1S/C21H29NO3/c1-15(25-14-18-7-4-5-13-24-18)21(23)22(17-10-11-17)20-12-9-16-6-2-3-8-19(16)20/h2-3,6,8,15,17-18,20H,4-5,7,9-14H2,1H3. The van der Waals surface area contributed by atoms with Crippen molar-refractivity contribution < 1.29 is 14.3 Å². The van der Waals surface area contributed by atoms with E-state index < -0.39 is 0 Å². The van der Waals surface area contributed by atoms with Crippen molar-refractivity contribution in [3.05, 3.63) is 35.4 Å². The highest BCUT2D eigenvalue weighted by Gasteiger charge is 2.41. The van der Waals surface area contributed by atoms with E-state index in [9.17, 15) is 4.79 Å². The van der Waals surface area contributed by atoms with Crippen LogP contribution in [0.15, 0.2) is 24.3 Å². The minimum atomic E-state index is -0.390. The van der Waals surface area contributed by atoms with Gasteiger partial charge in [0.15, 0.2) is 0 Å². The summed E-state index contributed by atoms with van der Waals surface area (Å²) in [4.78, 5) is 15.3. The maximum atomic E-state index is 13.2. The largest absolute Gasteiger partial charge is 0.376 e. The first-order valence-corrected chi connectivity index (χ1v) is 9.87. The summed E-state index contributed by atoms with van der Waals surface area (Å²) in [5.74, 6) is 0.153. The van der Waals surface area contributed by atoms with Crippen molar-refractivity contribution in [3.8, 4) is 0 Å². The van der Waals surface area contributed by atoms with Crippen LogP contribution < -0.4 is 0 Å². The van der Waals surface area contributed by atoms with E-state index >= 15 is 0 Å². The van der Waals surface area contributed by atoms with Gasteiger partial charge in [-0.1, -0.05) is 24.3 Å². The van der Waals surface area contributed by atoms with Crippen LogP contribution in [-0.4, -0.2) is 42.3 Å². The lowest BCUT2D eigenvalue weighted by atomic mass is 10.1. The van der Waals surface area contributed by atoms with E-state index in [1.54, 1.807) is 0 Å². The molecule has 2 fully saturated rings. The number of aryl methyl sites for hydroxylation is 1. The Morgan fingerprint density at radius 3 is 2.84 bits per heavy atom. The Labute approximate surface area is 150 Å². The Bertz CT molecular complexity index is 607. The molecule has 3 aliphatic rings. The number of carbonyl (C=O) groups is 1. The topological polar surface area (TPSA) is 38.8 Å². The molecule has 0 spiro atoms. The van der Waals surface area contributed by atoms with E-state index in [0.29, 0.717) is 12.6 Å². The maximum Gasteiger partial charge on any atom is 0.252 e. The number of rotatable bonds is 6. The van der Waals surface area contributed by atoms with Gasteiger partial charge in [-0.25, -0.2) is 0 Å². The molecule has 3 atom stereocenters. The monoisotopic (exact) mass is 343 g/mol. The molecule has 4 nitrogen and oxygen atoms in total. The van der Waals surface area contributed by atoms with E-state index in [2.05, 4.69) is 29.2 Å². The normalized spacial score (nSPS) is 26.9. The Hall–Kier alpha value is -1.39. The van der Waals surface area contributed by atoms with E-state index in [0.717, 1.165) is 45.1 Å². The van der Waals surface area contributed by atoms with Crippen LogP contribution in [0.5, 0.6) is 0 Å². The third kappa shape index (κ3) is 3.75. The first kappa shape index (κ1) is 17.0. The van der Waals surface area contributed by atoms with Crippen molar-refractivity contribution in [1.82, 2.24) is 4.90 Å². The predicted molar refractivity (Wildman–Crippen MR) is 96.4 cm³/mol. The quantitative estimate of drug-likeness (QED) is 0.791. The lowest BCUT2D eigenvalue weighted by molar-refractivity contribution is -0.149. The predicted octanol–water partition coefficient (Wildman–Crippen LogP) is 3.64. The fraction of sp³-hybridized carbons (Fsp3) is 0.667. The van der Waals surface area contributed by atoms with Gasteiger partial charge in [0.25, 0.3) is 5.91 Å². The molecule has 1 heterocycles. The molecule has 1 aromatic carbocycles. The van der Waals surface area contributed by atoms with Crippen LogP contribution in [0, 0.1) is 0 Å². The number of amides is 1. The number of ether oxygens (including phenoxy) is 2. The van der Waals surface area contributed by atoms with Gasteiger partial charge in [0.2, 0.25) is 0 Å². The van der Waals surface area contributed by atoms with Crippen LogP contribution in [-0.2, 0) is 20.7 Å². The molecule has 4 rings (SSSR count). The zero-order valence-electron chi connectivity index (χ0n) is 15.2. The zero-order chi connectivity index (χ0) is 17.2. The summed E-state index contributed by atoms with van der Waals surface area (Å²) in [6, 6.07) is 9.21. The Morgan fingerprint density at radius 1 is 1.24 bits per heavy atom. The summed E-state index contributed by atoms with van der Waals surface area (Å²) in [6.45, 7) is 3.26. The van der Waals surface area contributed by atoms with E-state index in [1.807, 2.05) is 6.92 Å². The number of hydrogen-bond acceptors (Lipinski definition) is 3. The average molecular weight is 343 g/mol. The second-order valence-electron chi connectivity index (χ2n) is 7.69. The van der Waals surface area contributed by atoms with E-state index in [4.69, 9.17) is 9.47 Å². The first-order valence-electron chi connectivity index (χ1n) is 9.87. The molecular weight excluding hydrogens is 314 g/mol. The summed E-state index contributed by atoms with van der Waals surface area (Å²) in [6.07, 6.45) is 7.52. The molecule has 1 aromatic rings. The van der Waals surface area contributed by atoms with Crippen molar-refractivity contribution >= 4 is 5.91 Å². The molecule has 0 N–H and O–H groups in total. The lowest BCUT2D eigenvalue weighted by Crippen LogP contribution is -2.43. The molecule has 136 valence electrons. The van der Waals surface area contributed by atoms with Gasteiger partial charge >= 0.3 is 0 Å². The average Bonchev–Trinajstić information content (AvgIpc) is 3.40. The highest BCUT2D eigenvalue weighted by Crippen LogP contribution is 2.42. The second kappa shape index (κ2) is 7.46. The lowest BCUT2D eigenvalue weighted by Gasteiger charge is -2.33. The van der Waals surface area contributed by atoms with Crippen LogP contribution in [0.2, 0.25) is 0 Å². The van der Waals surface area contributed by atoms with Crippen LogP contribution in [0.25, 0.3) is 0 Å². The van der Waals surface area contributed by atoms with Gasteiger partial charge in [-0.15, -0.1) is 0 Å². The zero-order valence-corrected chi connectivity index (χ0v) is 15.2. The molecule has 1 amide bonds.